The Balaban J connectivity index is 1.88. The van der Waals surface area contributed by atoms with E-state index >= 15 is 0 Å². The SMILES string of the molecule is O=C(O)CC(c1ccc2c(c1)CC(=O)N2)C1CCCC1. The second-order valence-electron chi connectivity index (χ2n) is 5.89. The number of rotatable bonds is 4. The number of hydrogen-bond donors (Lipinski definition) is 2. The van der Waals surface area contributed by atoms with Crippen molar-refractivity contribution in [2.75, 3.05) is 5.32 Å². The van der Waals surface area contributed by atoms with Crippen molar-refractivity contribution in [1.82, 2.24) is 0 Å². The normalized spacial score (nSPS) is 19.7. The Morgan fingerprint density at radius 1 is 1.35 bits per heavy atom. The number of benzene rings is 1. The van der Waals surface area contributed by atoms with Crippen molar-refractivity contribution in [2.24, 2.45) is 5.92 Å². The molecule has 1 aliphatic heterocycles. The average Bonchev–Trinajstić information content (AvgIpc) is 3.02. The molecule has 0 saturated heterocycles. The van der Waals surface area contributed by atoms with Gasteiger partial charge in [-0.3, -0.25) is 9.59 Å². The number of amides is 1. The summed E-state index contributed by atoms with van der Waals surface area (Å²) in [5.41, 5.74) is 2.95. The summed E-state index contributed by atoms with van der Waals surface area (Å²) < 4.78 is 0. The molecule has 1 atom stereocenters. The number of fused-ring (bicyclic) bond motifs is 1. The van der Waals surface area contributed by atoms with Gasteiger partial charge in [-0.25, -0.2) is 0 Å². The maximum Gasteiger partial charge on any atom is 0.303 e. The van der Waals surface area contributed by atoms with Gasteiger partial charge in [-0.1, -0.05) is 25.0 Å². The molecule has 0 spiro atoms. The Labute approximate surface area is 118 Å². The van der Waals surface area contributed by atoms with Crippen LogP contribution in [-0.2, 0) is 16.0 Å². The van der Waals surface area contributed by atoms with Gasteiger partial charge in [0.25, 0.3) is 0 Å². The van der Waals surface area contributed by atoms with Gasteiger partial charge < -0.3 is 10.4 Å². The third-order valence-electron chi connectivity index (χ3n) is 4.55. The molecular weight excluding hydrogens is 254 g/mol. The van der Waals surface area contributed by atoms with E-state index in [-0.39, 0.29) is 18.2 Å². The monoisotopic (exact) mass is 273 g/mol. The fraction of sp³-hybridized carbons (Fsp3) is 0.500. The van der Waals surface area contributed by atoms with Gasteiger partial charge in [-0.15, -0.1) is 0 Å². The summed E-state index contributed by atoms with van der Waals surface area (Å²) >= 11 is 0. The predicted molar refractivity (Wildman–Crippen MR) is 75.7 cm³/mol. The summed E-state index contributed by atoms with van der Waals surface area (Å²) in [4.78, 5) is 22.6. The molecule has 2 aliphatic rings. The van der Waals surface area contributed by atoms with E-state index in [1.54, 1.807) is 0 Å². The van der Waals surface area contributed by atoms with Crippen LogP contribution in [0.4, 0.5) is 5.69 Å². The Morgan fingerprint density at radius 3 is 2.80 bits per heavy atom. The number of carbonyl (C=O) groups excluding carboxylic acids is 1. The number of carbonyl (C=O) groups is 2. The van der Waals surface area contributed by atoms with Crippen LogP contribution in [0.2, 0.25) is 0 Å². The van der Waals surface area contributed by atoms with Crippen LogP contribution < -0.4 is 5.32 Å². The number of carboxylic acids is 1. The molecule has 2 N–H and O–H groups in total. The van der Waals surface area contributed by atoms with Crippen molar-refractivity contribution in [1.29, 1.82) is 0 Å². The molecule has 0 bridgehead atoms. The molecule has 1 amide bonds. The molecule has 0 aromatic heterocycles. The average molecular weight is 273 g/mol. The van der Waals surface area contributed by atoms with Gasteiger partial charge in [0.2, 0.25) is 5.91 Å². The maximum absolute atomic E-state index is 11.4. The zero-order valence-electron chi connectivity index (χ0n) is 11.4. The molecule has 1 aromatic carbocycles. The maximum atomic E-state index is 11.4. The standard InChI is InChI=1S/C16H19NO3/c18-15-8-12-7-11(5-6-14(12)17-15)13(9-16(19)20)10-3-1-2-4-10/h5-7,10,13H,1-4,8-9H2,(H,17,18)(H,19,20). The van der Waals surface area contributed by atoms with Crippen LogP contribution in [0.15, 0.2) is 18.2 Å². The van der Waals surface area contributed by atoms with Crippen molar-refractivity contribution in [3.8, 4) is 0 Å². The summed E-state index contributed by atoms with van der Waals surface area (Å²) in [6.45, 7) is 0. The molecule has 1 saturated carbocycles. The number of aliphatic carboxylic acids is 1. The molecular formula is C16H19NO3. The molecule has 4 heteroatoms. The Morgan fingerprint density at radius 2 is 2.10 bits per heavy atom. The molecule has 1 aromatic rings. The van der Waals surface area contributed by atoms with E-state index in [0.717, 1.165) is 29.7 Å². The van der Waals surface area contributed by atoms with Crippen molar-refractivity contribution < 1.29 is 14.7 Å². The van der Waals surface area contributed by atoms with E-state index in [1.807, 2.05) is 18.2 Å². The minimum absolute atomic E-state index is 0.0211. The molecule has 3 rings (SSSR count). The smallest absolute Gasteiger partial charge is 0.303 e. The summed E-state index contributed by atoms with van der Waals surface area (Å²) in [7, 11) is 0. The van der Waals surface area contributed by atoms with Crippen LogP contribution in [0.25, 0.3) is 0 Å². The number of carboxylic acid groups (broad SMARTS) is 1. The predicted octanol–water partition coefficient (Wildman–Crippen LogP) is 2.93. The van der Waals surface area contributed by atoms with Gasteiger partial charge in [-0.05, 0) is 41.9 Å². The quantitative estimate of drug-likeness (QED) is 0.886. The van der Waals surface area contributed by atoms with Crippen LogP contribution in [0.3, 0.4) is 0 Å². The number of anilines is 1. The van der Waals surface area contributed by atoms with E-state index < -0.39 is 5.97 Å². The fourth-order valence-corrected chi connectivity index (χ4v) is 3.58. The minimum atomic E-state index is -0.739. The first-order valence-electron chi connectivity index (χ1n) is 7.28. The number of hydrogen-bond acceptors (Lipinski definition) is 2. The highest BCUT2D eigenvalue weighted by Gasteiger charge is 2.29. The van der Waals surface area contributed by atoms with Gasteiger partial charge in [0.05, 0.1) is 12.8 Å². The molecule has 0 radical (unpaired) electrons. The molecule has 106 valence electrons. The largest absolute Gasteiger partial charge is 0.481 e. The zero-order chi connectivity index (χ0) is 14.1. The Hall–Kier alpha value is -1.84. The van der Waals surface area contributed by atoms with E-state index in [1.165, 1.54) is 12.8 Å². The van der Waals surface area contributed by atoms with Crippen molar-refractivity contribution in [2.45, 2.75) is 44.4 Å². The molecule has 4 nitrogen and oxygen atoms in total. The van der Waals surface area contributed by atoms with Crippen LogP contribution >= 0.6 is 0 Å². The van der Waals surface area contributed by atoms with Gasteiger partial charge >= 0.3 is 5.97 Å². The van der Waals surface area contributed by atoms with Gasteiger partial charge in [-0.2, -0.15) is 0 Å². The number of nitrogens with one attached hydrogen (secondary N) is 1. The highest BCUT2D eigenvalue weighted by atomic mass is 16.4. The topological polar surface area (TPSA) is 66.4 Å². The van der Waals surface area contributed by atoms with E-state index in [9.17, 15) is 14.7 Å². The molecule has 20 heavy (non-hydrogen) atoms. The zero-order valence-corrected chi connectivity index (χ0v) is 11.4. The summed E-state index contributed by atoms with van der Waals surface area (Å²) in [5, 5.41) is 12.0. The lowest BCUT2D eigenvalue weighted by atomic mass is 9.82. The van der Waals surface area contributed by atoms with E-state index in [2.05, 4.69) is 5.32 Å². The van der Waals surface area contributed by atoms with E-state index in [0.29, 0.717) is 12.3 Å². The first-order chi connectivity index (χ1) is 9.63. The summed E-state index contributed by atoms with van der Waals surface area (Å²) in [5.74, 6) is -0.172. The Kier molecular flexibility index (Phi) is 3.47. The van der Waals surface area contributed by atoms with Gasteiger partial charge in [0.1, 0.15) is 0 Å². The molecule has 1 unspecified atom stereocenters. The van der Waals surface area contributed by atoms with Crippen LogP contribution in [0, 0.1) is 5.92 Å². The third kappa shape index (κ3) is 2.55. The lowest BCUT2D eigenvalue weighted by molar-refractivity contribution is -0.137. The highest BCUT2D eigenvalue weighted by molar-refractivity contribution is 5.99. The first-order valence-corrected chi connectivity index (χ1v) is 7.28. The van der Waals surface area contributed by atoms with Crippen molar-refractivity contribution in [3.63, 3.8) is 0 Å². The fourth-order valence-electron chi connectivity index (χ4n) is 3.58. The summed E-state index contributed by atoms with van der Waals surface area (Å²) in [6, 6.07) is 5.93. The van der Waals surface area contributed by atoms with Crippen LogP contribution in [0.1, 0.15) is 49.1 Å². The molecule has 1 aliphatic carbocycles. The molecule has 1 fully saturated rings. The van der Waals surface area contributed by atoms with E-state index in [4.69, 9.17) is 0 Å². The minimum Gasteiger partial charge on any atom is -0.481 e. The second-order valence-corrected chi connectivity index (χ2v) is 5.89. The second kappa shape index (κ2) is 5.27. The van der Waals surface area contributed by atoms with Gasteiger partial charge in [0, 0.05) is 5.69 Å². The van der Waals surface area contributed by atoms with Crippen LogP contribution in [0.5, 0.6) is 0 Å². The lowest BCUT2D eigenvalue weighted by Gasteiger charge is -2.23. The van der Waals surface area contributed by atoms with Gasteiger partial charge in [0.15, 0.2) is 0 Å². The first kappa shape index (κ1) is 13.2. The lowest BCUT2D eigenvalue weighted by Crippen LogP contribution is -2.14. The highest BCUT2D eigenvalue weighted by Crippen LogP contribution is 2.40. The molecule has 1 heterocycles. The van der Waals surface area contributed by atoms with Crippen LogP contribution in [-0.4, -0.2) is 17.0 Å². The third-order valence-corrected chi connectivity index (χ3v) is 4.55. The Bertz CT molecular complexity index is 547. The summed E-state index contributed by atoms with van der Waals surface area (Å²) in [6.07, 6.45) is 5.23. The van der Waals surface area contributed by atoms with Crippen molar-refractivity contribution >= 4 is 17.6 Å². The van der Waals surface area contributed by atoms with Crippen molar-refractivity contribution in [3.05, 3.63) is 29.3 Å².